The SMILES string of the molecule is N#Cc1ccc(-c2ccc(/C=C3\SC(=O)N(CC(=O)Nc4ccccc4)C3=O)o2)cc1. The second-order valence-corrected chi connectivity index (χ2v) is 7.57. The number of carbonyl (C=O) groups excluding carboxylic acids is 3. The van der Waals surface area contributed by atoms with E-state index in [0.717, 1.165) is 22.2 Å². The number of anilines is 1. The van der Waals surface area contributed by atoms with Crippen LogP contribution in [0.3, 0.4) is 0 Å². The third kappa shape index (κ3) is 4.57. The number of amides is 3. The first-order valence-corrected chi connectivity index (χ1v) is 10.1. The molecule has 3 aromatic rings. The number of rotatable bonds is 5. The van der Waals surface area contributed by atoms with Crippen LogP contribution in [-0.2, 0) is 9.59 Å². The fourth-order valence-corrected chi connectivity index (χ4v) is 3.74. The van der Waals surface area contributed by atoms with Crippen molar-refractivity contribution in [2.75, 3.05) is 11.9 Å². The number of hydrogen-bond donors (Lipinski definition) is 1. The number of imide groups is 1. The van der Waals surface area contributed by atoms with Crippen molar-refractivity contribution < 1.29 is 18.8 Å². The molecular formula is C23H15N3O4S. The van der Waals surface area contributed by atoms with Gasteiger partial charge in [0.15, 0.2) is 0 Å². The minimum absolute atomic E-state index is 0.179. The van der Waals surface area contributed by atoms with Crippen LogP contribution in [0.4, 0.5) is 10.5 Å². The molecule has 7 nitrogen and oxygen atoms in total. The molecule has 2 aromatic carbocycles. The van der Waals surface area contributed by atoms with E-state index in [1.165, 1.54) is 6.08 Å². The van der Waals surface area contributed by atoms with E-state index in [1.807, 2.05) is 6.07 Å². The van der Waals surface area contributed by atoms with Crippen LogP contribution in [0.5, 0.6) is 0 Å². The predicted molar refractivity (Wildman–Crippen MR) is 117 cm³/mol. The summed E-state index contributed by atoms with van der Waals surface area (Å²) in [5.74, 6) is -0.0406. The van der Waals surface area contributed by atoms with Crippen molar-refractivity contribution >= 4 is 40.6 Å². The van der Waals surface area contributed by atoms with Crippen molar-refractivity contribution in [3.8, 4) is 17.4 Å². The molecule has 31 heavy (non-hydrogen) atoms. The molecule has 1 N–H and O–H groups in total. The Labute approximate surface area is 182 Å². The average molecular weight is 429 g/mol. The Hall–Kier alpha value is -4.09. The number of carbonyl (C=O) groups is 3. The van der Waals surface area contributed by atoms with Crippen molar-refractivity contribution in [1.82, 2.24) is 4.90 Å². The second-order valence-electron chi connectivity index (χ2n) is 6.57. The first-order valence-electron chi connectivity index (χ1n) is 9.24. The van der Waals surface area contributed by atoms with E-state index in [-0.39, 0.29) is 11.4 Å². The number of furan rings is 1. The zero-order chi connectivity index (χ0) is 21.8. The molecule has 8 heteroatoms. The smallest absolute Gasteiger partial charge is 0.294 e. The van der Waals surface area contributed by atoms with Crippen molar-refractivity contribution in [1.29, 1.82) is 5.26 Å². The van der Waals surface area contributed by atoms with Crippen LogP contribution in [0.1, 0.15) is 11.3 Å². The maximum absolute atomic E-state index is 12.6. The number of hydrogen-bond acceptors (Lipinski definition) is 6. The van der Waals surface area contributed by atoms with Crippen molar-refractivity contribution in [3.63, 3.8) is 0 Å². The van der Waals surface area contributed by atoms with Gasteiger partial charge in [-0.25, -0.2) is 0 Å². The molecule has 1 aromatic heterocycles. The van der Waals surface area contributed by atoms with Crippen LogP contribution < -0.4 is 5.32 Å². The van der Waals surface area contributed by atoms with Gasteiger partial charge in [-0.15, -0.1) is 0 Å². The second kappa shape index (κ2) is 8.73. The number of nitrogens with zero attached hydrogens (tertiary/aromatic N) is 2. The van der Waals surface area contributed by atoms with Crippen LogP contribution in [0.15, 0.2) is 76.1 Å². The number of benzene rings is 2. The number of nitriles is 1. The molecule has 0 spiro atoms. The maximum Gasteiger partial charge on any atom is 0.294 e. The van der Waals surface area contributed by atoms with Gasteiger partial charge in [0, 0.05) is 17.3 Å². The van der Waals surface area contributed by atoms with Crippen LogP contribution in [0.25, 0.3) is 17.4 Å². The van der Waals surface area contributed by atoms with Gasteiger partial charge in [-0.05, 0) is 60.3 Å². The summed E-state index contributed by atoms with van der Waals surface area (Å²) in [6.07, 6.45) is 1.48. The summed E-state index contributed by atoms with van der Waals surface area (Å²) in [5.41, 5.74) is 1.91. The molecule has 152 valence electrons. The first kappa shape index (κ1) is 20.2. The van der Waals surface area contributed by atoms with Gasteiger partial charge in [0.05, 0.1) is 16.5 Å². The number of nitrogens with one attached hydrogen (secondary N) is 1. The largest absolute Gasteiger partial charge is 0.457 e. The summed E-state index contributed by atoms with van der Waals surface area (Å²) >= 11 is 0.757. The van der Waals surface area contributed by atoms with Gasteiger partial charge in [0.2, 0.25) is 5.91 Å². The zero-order valence-electron chi connectivity index (χ0n) is 16.1. The molecule has 0 radical (unpaired) electrons. The molecule has 0 atom stereocenters. The number of para-hydroxylation sites is 1. The normalized spacial score (nSPS) is 14.7. The molecule has 1 aliphatic heterocycles. The van der Waals surface area contributed by atoms with E-state index in [9.17, 15) is 14.4 Å². The Morgan fingerprint density at radius 1 is 1.06 bits per heavy atom. The minimum Gasteiger partial charge on any atom is -0.457 e. The Bertz CT molecular complexity index is 1220. The van der Waals surface area contributed by atoms with Gasteiger partial charge < -0.3 is 9.73 Å². The molecule has 1 aliphatic rings. The topological polar surface area (TPSA) is 103 Å². The minimum atomic E-state index is -0.547. The lowest BCUT2D eigenvalue weighted by Gasteiger charge is -2.12. The molecule has 4 rings (SSSR count). The van der Waals surface area contributed by atoms with Crippen molar-refractivity contribution in [2.24, 2.45) is 0 Å². The lowest BCUT2D eigenvalue weighted by atomic mass is 10.1. The summed E-state index contributed by atoms with van der Waals surface area (Å²) in [5, 5.41) is 11.0. The van der Waals surface area contributed by atoms with E-state index in [1.54, 1.807) is 60.7 Å². The zero-order valence-corrected chi connectivity index (χ0v) is 16.9. The first-order chi connectivity index (χ1) is 15.0. The highest BCUT2D eigenvalue weighted by Crippen LogP contribution is 2.33. The Balaban J connectivity index is 1.45. The highest BCUT2D eigenvalue weighted by molar-refractivity contribution is 8.18. The lowest BCUT2D eigenvalue weighted by Crippen LogP contribution is -2.36. The van der Waals surface area contributed by atoms with Crippen LogP contribution >= 0.6 is 11.8 Å². The van der Waals surface area contributed by atoms with Crippen molar-refractivity contribution in [2.45, 2.75) is 0 Å². The molecule has 0 aliphatic carbocycles. The molecule has 2 heterocycles. The van der Waals surface area contributed by atoms with Gasteiger partial charge in [-0.1, -0.05) is 18.2 Å². The maximum atomic E-state index is 12.6. The standard InChI is InChI=1S/C23H15N3O4S/c24-13-15-6-8-16(9-7-15)19-11-10-18(30-19)12-20-22(28)26(23(29)31-20)14-21(27)25-17-4-2-1-3-5-17/h1-12H,14H2,(H,25,27)/b20-12-. The third-order valence-electron chi connectivity index (χ3n) is 4.43. The fourth-order valence-electron chi connectivity index (χ4n) is 2.93. The summed E-state index contributed by atoms with van der Waals surface area (Å²) in [6.45, 7) is -0.369. The van der Waals surface area contributed by atoms with E-state index >= 15 is 0 Å². The highest BCUT2D eigenvalue weighted by atomic mass is 32.2. The molecule has 0 unspecified atom stereocenters. The van der Waals surface area contributed by atoms with E-state index in [4.69, 9.17) is 9.68 Å². The molecule has 1 fully saturated rings. The van der Waals surface area contributed by atoms with Crippen LogP contribution in [-0.4, -0.2) is 28.5 Å². The fraction of sp³-hybridized carbons (Fsp3) is 0.0435. The highest BCUT2D eigenvalue weighted by Gasteiger charge is 2.36. The Morgan fingerprint density at radius 3 is 2.52 bits per heavy atom. The Kier molecular flexibility index (Phi) is 5.69. The summed E-state index contributed by atoms with van der Waals surface area (Å²) in [6, 6.07) is 21.2. The molecular weight excluding hydrogens is 414 g/mol. The van der Waals surface area contributed by atoms with Gasteiger partial charge in [-0.2, -0.15) is 5.26 Å². The lowest BCUT2D eigenvalue weighted by molar-refractivity contribution is -0.127. The van der Waals surface area contributed by atoms with Gasteiger partial charge in [0.1, 0.15) is 18.1 Å². The van der Waals surface area contributed by atoms with Gasteiger partial charge >= 0.3 is 0 Å². The summed E-state index contributed by atoms with van der Waals surface area (Å²) in [4.78, 5) is 38.2. The van der Waals surface area contributed by atoms with Gasteiger partial charge in [-0.3, -0.25) is 19.3 Å². The van der Waals surface area contributed by atoms with Crippen molar-refractivity contribution in [3.05, 3.63) is 83.0 Å². The Morgan fingerprint density at radius 2 is 1.81 bits per heavy atom. The third-order valence-corrected chi connectivity index (χ3v) is 5.34. The summed E-state index contributed by atoms with van der Waals surface area (Å²) < 4.78 is 5.75. The molecule has 0 saturated carbocycles. The summed E-state index contributed by atoms with van der Waals surface area (Å²) in [7, 11) is 0. The van der Waals surface area contributed by atoms with Crippen LogP contribution in [0, 0.1) is 11.3 Å². The van der Waals surface area contributed by atoms with E-state index in [0.29, 0.717) is 22.8 Å². The molecule has 3 amide bonds. The molecule has 0 bridgehead atoms. The average Bonchev–Trinajstić information content (AvgIpc) is 3.35. The van der Waals surface area contributed by atoms with E-state index in [2.05, 4.69) is 11.4 Å². The van der Waals surface area contributed by atoms with Crippen LogP contribution in [0.2, 0.25) is 0 Å². The van der Waals surface area contributed by atoms with E-state index < -0.39 is 17.1 Å². The predicted octanol–water partition coefficient (Wildman–Crippen LogP) is 4.49. The monoisotopic (exact) mass is 429 g/mol. The number of thioether (sulfide) groups is 1. The van der Waals surface area contributed by atoms with Gasteiger partial charge in [0.25, 0.3) is 11.1 Å². The quantitative estimate of drug-likeness (QED) is 0.599. The molecule has 1 saturated heterocycles.